The lowest BCUT2D eigenvalue weighted by atomic mass is 10.1. The van der Waals surface area contributed by atoms with Crippen LogP contribution < -0.4 is 14.8 Å². The first-order valence-corrected chi connectivity index (χ1v) is 5.97. The Morgan fingerprint density at radius 1 is 1.11 bits per heavy atom. The lowest BCUT2D eigenvalue weighted by Crippen LogP contribution is -2.07. The molecule has 0 saturated heterocycles. The van der Waals surface area contributed by atoms with Crippen molar-refractivity contribution in [2.45, 2.75) is 6.54 Å². The van der Waals surface area contributed by atoms with Crippen LogP contribution in [0.4, 0.5) is 0 Å². The summed E-state index contributed by atoms with van der Waals surface area (Å²) in [5, 5.41) is 3.12. The summed E-state index contributed by atoms with van der Waals surface area (Å²) in [5.74, 6) is 1.36. The number of ether oxygens (including phenoxy) is 2. The quantitative estimate of drug-likeness (QED) is 0.888. The highest BCUT2D eigenvalue weighted by molar-refractivity contribution is 5.66. The molecule has 0 bridgehead atoms. The zero-order valence-corrected chi connectivity index (χ0v) is 11.3. The third-order valence-corrected chi connectivity index (χ3v) is 2.78. The Morgan fingerprint density at radius 3 is 2.58 bits per heavy atom. The number of benzene rings is 1. The molecule has 0 aliphatic carbocycles. The van der Waals surface area contributed by atoms with Gasteiger partial charge >= 0.3 is 0 Å². The second-order valence-electron chi connectivity index (χ2n) is 3.97. The van der Waals surface area contributed by atoms with Crippen LogP contribution in [0.1, 0.15) is 5.56 Å². The highest BCUT2D eigenvalue weighted by atomic mass is 16.5. The zero-order valence-electron chi connectivity index (χ0n) is 11.3. The minimum absolute atomic E-state index is 0.517. The first-order chi connectivity index (χ1) is 9.30. The molecule has 5 heteroatoms. The summed E-state index contributed by atoms with van der Waals surface area (Å²) in [6.07, 6.45) is 3.26. The fraction of sp³-hybridized carbons (Fsp3) is 0.286. The Balaban J connectivity index is 2.47. The van der Waals surface area contributed by atoms with Crippen molar-refractivity contribution in [1.29, 1.82) is 0 Å². The molecule has 1 N–H and O–H groups in total. The summed E-state index contributed by atoms with van der Waals surface area (Å²) < 4.78 is 10.6. The van der Waals surface area contributed by atoms with Gasteiger partial charge in [0, 0.05) is 30.1 Å². The van der Waals surface area contributed by atoms with Gasteiger partial charge in [0.15, 0.2) is 0 Å². The highest BCUT2D eigenvalue weighted by Gasteiger charge is 2.11. The van der Waals surface area contributed by atoms with Crippen molar-refractivity contribution in [1.82, 2.24) is 15.3 Å². The van der Waals surface area contributed by atoms with Gasteiger partial charge in [0.05, 0.1) is 14.2 Å². The van der Waals surface area contributed by atoms with E-state index in [1.54, 1.807) is 26.6 Å². The number of aromatic nitrogens is 2. The summed E-state index contributed by atoms with van der Waals surface area (Å²) in [6.45, 7) is 0.722. The fourth-order valence-corrected chi connectivity index (χ4v) is 1.93. The van der Waals surface area contributed by atoms with E-state index >= 15 is 0 Å². The van der Waals surface area contributed by atoms with E-state index in [2.05, 4.69) is 15.3 Å². The molecule has 0 radical (unpaired) electrons. The summed E-state index contributed by atoms with van der Waals surface area (Å²) in [4.78, 5) is 8.49. The molecule has 0 aliphatic rings. The standard InChI is InChI=1S/C14H17N3O2/c1-15-9-11-8-10(4-5-12(11)18-2)13-14(19-3)17-7-6-16-13/h4-8,15H,9H2,1-3H3. The van der Waals surface area contributed by atoms with Gasteiger partial charge in [0.2, 0.25) is 5.88 Å². The minimum Gasteiger partial charge on any atom is -0.496 e. The Kier molecular flexibility index (Phi) is 4.30. The number of nitrogens with one attached hydrogen (secondary N) is 1. The van der Waals surface area contributed by atoms with Crippen LogP contribution in [0.5, 0.6) is 11.6 Å². The molecular formula is C14H17N3O2. The largest absolute Gasteiger partial charge is 0.496 e. The molecule has 5 nitrogen and oxygen atoms in total. The van der Waals surface area contributed by atoms with E-state index in [1.165, 1.54) is 0 Å². The topological polar surface area (TPSA) is 56.3 Å². The van der Waals surface area contributed by atoms with E-state index in [0.717, 1.165) is 29.1 Å². The van der Waals surface area contributed by atoms with Gasteiger partial charge in [-0.1, -0.05) is 0 Å². The van der Waals surface area contributed by atoms with Gasteiger partial charge in [0.25, 0.3) is 0 Å². The number of hydrogen-bond acceptors (Lipinski definition) is 5. The molecule has 100 valence electrons. The molecule has 0 atom stereocenters. The molecule has 0 fully saturated rings. The second kappa shape index (κ2) is 6.15. The maximum Gasteiger partial charge on any atom is 0.240 e. The lowest BCUT2D eigenvalue weighted by Gasteiger charge is -2.11. The molecular weight excluding hydrogens is 242 g/mol. The van der Waals surface area contributed by atoms with Gasteiger partial charge in [-0.15, -0.1) is 0 Å². The van der Waals surface area contributed by atoms with E-state index in [-0.39, 0.29) is 0 Å². The monoisotopic (exact) mass is 259 g/mol. The first-order valence-electron chi connectivity index (χ1n) is 5.97. The maximum atomic E-state index is 5.34. The smallest absolute Gasteiger partial charge is 0.240 e. The van der Waals surface area contributed by atoms with Gasteiger partial charge in [-0.3, -0.25) is 0 Å². The van der Waals surface area contributed by atoms with Gasteiger partial charge in [-0.05, 0) is 25.2 Å². The summed E-state index contributed by atoms with van der Waals surface area (Å²) in [7, 11) is 5.15. The molecule has 0 unspecified atom stereocenters. The fourth-order valence-electron chi connectivity index (χ4n) is 1.93. The molecule has 0 spiro atoms. The van der Waals surface area contributed by atoms with Crippen molar-refractivity contribution in [3.63, 3.8) is 0 Å². The van der Waals surface area contributed by atoms with Crippen molar-refractivity contribution in [2.75, 3.05) is 21.3 Å². The summed E-state index contributed by atoms with van der Waals surface area (Å²) in [6, 6.07) is 5.91. The molecule has 1 heterocycles. The lowest BCUT2D eigenvalue weighted by molar-refractivity contribution is 0.397. The van der Waals surface area contributed by atoms with Gasteiger partial charge in [-0.25, -0.2) is 9.97 Å². The van der Waals surface area contributed by atoms with Crippen molar-refractivity contribution < 1.29 is 9.47 Å². The van der Waals surface area contributed by atoms with Gasteiger partial charge in [0.1, 0.15) is 11.4 Å². The predicted molar refractivity (Wildman–Crippen MR) is 73.3 cm³/mol. The maximum absolute atomic E-state index is 5.34. The van der Waals surface area contributed by atoms with Crippen molar-refractivity contribution in [3.05, 3.63) is 36.2 Å². The van der Waals surface area contributed by atoms with Crippen molar-refractivity contribution in [2.24, 2.45) is 0 Å². The van der Waals surface area contributed by atoms with Crippen LogP contribution in [-0.4, -0.2) is 31.2 Å². The average Bonchev–Trinajstić information content (AvgIpc) is 2.47. The highest BCUT2D eigenvalue weighted by Crippen LogP contribution is 2.29. The van der Waals surface area contributed by atoms with Gasteiger partial charge < -0.3 is 14.8 Å². The Hall–Kier alpha value is -2.14. The van der Waals surface area contributed by atoms with E-state index in [9.17, 15) is 0 Å². The van der Waals surface area contributed by atoms with Crippen LogP contribution >= 0.6 is 0 Å². The van der Waals surface area contributed by atoms with Crippen molar-refractivity contribution in [3.8, 4) is 22.9 Å². The van der Waals surface area contributed by atoms with Crippen LogP contribution in [0.3, 0.4) is 0 Å². The zero-order chi connectivity index (χ0) is 13.7. The van der Waals surface area contributed by atoms with Crippen LogP contribution in [0.15, 0.2) is 30.6 Å². The van der Waals surface area contributed by atoms with Crippen LogP contribution in [0.25, 0.3) is 11.3 Å². The Bertz CT molecular complexity index is 558. The normalized spacial score (nSPS) is 10.3. The summed E-state index contributed by atoms with van der Waals surface area (Å²) >= 11 is 0. The molecule has 1 aromatic carbocycles. The number of nitrogens with zero attached hydrogens (tertiary/aromatic N) is 2. The van der Waals surface area contributed by atoms with Crippen molar-refractivity contribution >= 4 is 0 Å². The average molecular weight is 259 g/mol. The van der Waals surface area contributed by atoms with E-state index in [0.29, 0.717) is 5.88 Å². The number of hydrogen-bond donors (Lipinski definition) is 1. The number of rotatable bonds is 5. The van der Waals surface area contributed by atoms with Gasteiger partial charge in [-0.2, -0.15) is 0 Å². The SMILES string of the molecule is CNCc1cc(-c2nccnc2OC)ccc1OC. The molecule has 1 aromatic heterocycles. The molecule has 0 saturated carbocycles. The van der Waals surface area contributed by atoms with Crippen LogP contribution in [0, 0.1) is 0 Å². The van der Waals surface area contributed by atoms with Crippen LogP contribution in [-0.2, 0) is 6.54 Å². The second-order valence-corrected chi connectivity index (χ2v) is 3.97. The number of methoxy groups -OCH3 is 2. The van der Waals surface area contributed by atoms with E-state index in [1.807, 2.05) is 25.2 Å². The molecule has 0 aliphatic heterocycles. The summed E-state index contributed by atoms with van der Waals surface area (Å²) in [5.41, 5.74) is 2.75. The molecule has 2 rings (SSSR count). The molecule has 2 aromatic rings. The Morgan fingerprint density at radius 2 is 1.89 bits per heavy atom. The third-order valence-electron chi connectivity index (χ3n) is 2.78. The first kappa shape index (κ1) is 13.3. The van der Waals surface area contributed by atoms with Crippen LogP contribution in [0.2, 0.25) is 0 Å². The molecule has 19 heavy (non-hydrogen) atoms. The predicted octanol–water partition coefficient (Wildman–Crippen LogP) is 1.88. The minimum atomic E-state index is 0.517. The Labute approximate surface area is 112 Å². The van der Waals surface area contributed by atoms with E-state index < -0.39 is 0 Å². The van der Waals surface area contributed by atoms with E-state index in [4.69, 9.17) is 9.47 Å². The molecule has 0 amide bonds. The third kappa shape index (κ3) is 2.82.